The summed E-state index contributed by atoms with van der Waals surface area (Å²) in [6.45, 7) is 1.54. The van der Waals surface area contributed by atoms with Crippen LogP contribution < -0.4 is 0 Å². The maximum absolute atomic E-state index is 11.0. The van der Waals surface area contributed by atoms with E-state index < -0.39 is 4.92 Å². The van der Waals surface area contributed by atoms with Crippen molar-refractivity contribution in [1.82, 2.24) is 0 Å². The van der Waals surface area contributed by atoms with Gasteiger partial charge >= 0.3 is 5.69 Å². The quantitative estimate of drug-likeness (QED) is 0.569. The summed E-state index contributed by atoms with van der Waals surface area (Å²) < 4.78 is 5.43. The molecule has 1 heterocycles. The van der Waals surface area contributed by atoms with E-state index in [1.807, 2.05) is 30.3 Å². The lowest BCUT2D eigenvalue weighted by Crippen LogP contribution is -1.87. The first kappa shape index (κ1) is 13.5. The summed E-state index contributed by atoms with van der Waals surface area (Å²) in [5.41, 5.74) is 0.298. The van der Waals surface area contributed by atoms with Crippen LogP contribution in [0.4, 0.5) is 5.69 Å². The number of hydrogen-bond acceptors (Lipinski definition) is 5. The van der Waals surface area contributed by atoms with Gasteiger partial charge in [-0.05, 0) is 24.3 Å². The third kappa shape index (κ3) is 2.45. The first-order valence-corrected chi connectivity index (χ1v) is 7.01. The van der Waals surface area contributed by atoms with Crippen LogP contribution in [0.3, 0.4) is 0 Å². The predicted molar refractivity (Wildman–Crippen MR) is 79.8 cm³/mol. The molecule has 2 aromatic carbocycles. The smallest absolute Gasteiger partial charge is 0.318 e. The van der Waals surface area contributed by atoms with Gasteiger partial charge in [-0.1, -0.05) is 30.0 Å². The van der Waals surface area contributed by atoms with Crippen molar-refractivity contribution in [3.05, 3.63) is 58.3 Å². The van der Waals surface area contributed by atoms with Crippen molar-refractivity contribution in [1.29, 1.82) is 0 Å². The lowest BCUT2D eigenvalue weighted by molar-refractivity contribution is -0.384. The SMILES string of the molecule is Cc1oc2cc(Sc3ccccc3)c(O)cc2c1[N+](=O)[O-]. The van der Waals surface area contributed by atoms with Gasteiger partial charge in [-0.15, -0.1) is 0 Å². The molecule has 0 spiro atoms. The fourth-order valence-corrected chi connectivity index (χ4v) is 3.02. The molecule has 0 bridgehead atoms. The van der Waals surface area contributed by atoms with E-state index in [-0.39, 0.29) is 17.2 Å². The first-order chi connectivity index (χ1) is 10.1. The Bertz CT molecular complexity index is 827. The van der Waals surface area contributed by atoms with E-state index in [4.69, 9.17) is 4.42 Å². The highest BCUT2D eigenvalue weighted by molar-refractivity contribution is 7.99. The average molecular weight is 301 g/mol. The molecule has 0 saturated carbocycles. The minimum absolute atomic E-state index is 0.000234. The molecule has 0 amide bonds. The summed E-state index contributed by atoms with van der Waals surface area (Å²) in [5, 5.41) is 21.5. The van der Waals surface area contributed by atoms with Crippen molar-refractivity contribution >= 4 is 28.4 Å². The minimum atomic E-state index is -0.495. The second-order valence-electron chi connectivity index (χ2n) is 4.50. The summed E-state index contributed by atoms with van der Waals surface area (Å²) in [4.78, 5) is 12.1. The zero-order valence-electron chi connectivity index (χ0n) is 11.1. The molecule has 6 heteroatoms. The van der Waals surface area contributed by atoms with E-state index in [0.29, 0.717) is 15.9 Å². The van der Waals surface area contributed by atoms with Gasteiger partial charge in [-0.25, -0.2) is 0 Å². The van der Waals surface area contributed by atoms with Gasteiger partial charge in [0.15, 0.2) is 5.76 Å². The first-order valence-electron chi connectivity index (χ1n) is 6.19. The molecule has 1 N–H and O–H groups in total. The largest absolute Gasteiger partial charge is 0.507 e. The van der Waals surface area contributed by atoms with Gasteiger partial charge in [-0.3, -0.25) is 10.1 Å². The summed E-state index contributed by atoms with van der Waals surface area (Å²) in [7, 11) is 0. The summed E-state index contributed by atoms with van der Waals surface area (Å²) >= 11 is 1.37. The van der Waals surface area contributed by atoms with E-state index in [2.05, 4.69) is 0 Å². The molecule has 1 aromatic heterocycles. The van der Waals surface area contributed by atoms with Crippen LogP contribution in [0.25, 0.3) is 11.0 Å². The molecule has 3 aromatic rings. The molecule has 5 nitrogen and oxygen atoms in total. The molecule has 106 valence electrons. The van der Waals surface area contributed by atoms with E-state index in [1.54, 1.807) is 13.0 Å². The summed E-state index contributed by atoms with van der Waals surface area (Å²) in [6, 6.07) is 12.6. The number of phenolic OH excluding ortho intramolecular Hbond substituents is 1. The van der Waals surface area contributed by atoms with Crippen molar-refractivity contribution in [2.45, 2.75) is 16.7 Å². The van der Waals surface area contributed by atoms with Crippen LogP contribution in [-0.4, -0.2) is 10.0 Å². The van der Waals surface area contributed by atoms with Crippen molar-refractivity contribution in [2.24, 2.45) is 0 Å². The highest BCUT2D eigenvalue weighted by atomic mass is 32.2. The lowest BCUT2D eigenvalue weighted by atomic mass is 10.2. The Kier molecular flexibility index (Phi) is 3.31. The fraction of sp³-hybridized carbons (Fsp3) is 0.0667. The van der Waals surface area contributed by atoms with Gasteiger partial charge < -0.3 is 9.52 Å². The molecule has 0 atom stereocenters. The fourth-order valence-electron chi connectivity index (χ4n) is 2.15. The van der Waals surface area contributed by atoms with E-state index >= 15 is 0 Å². The Hall–Kier alpha value is -2.47. The Morgan fingerprint density at radius 2 is 1.95 bits per heavy atom. The zero-order valence-corrected chi connectivity index (χ0v) is 11.9. The molecule has 0 fully saturated rings. The van der Waals surface area contributed by atoms with Gasteiger partial charge in [0.05, 0.1) is 9.82 Å². The van der Waals surface area contributed by atoms with Crippen LogP contribution in [0.15, 0.2) is 56.7 Å². The number of rotatable bonds is 3. The normalized spacial score (nSPS) is 10.9. The summed E-state index contributed by atoms with van der Waals surface area (Å²) in [6.07, 6.45) is 0. The monoisotopic (exact) mass is 301 g/mol. The highest BCUT2D eigenvalue weighted by Gasteiger charge is 2.23. The Labute approximate surface area is 124 Å². The third-order valence-corrected chi connectivity index (χ3v) is 4.12. The van der Waals surface area contributed by atoms with Gasteiger partial charge in [-0.2, -0.15) is 0 Å². The van der Waals surface area contributed by atoms with Gasteiger partial charge in [0.1, 0.15) is 16.7 Å². The number of furan rings is 1. The molecule has 0 aliphatic heterocycles. The summed E-state index contributed by atoms with van der Waals surface area (Å²) in [5.74, 6) is 0.233. The lowest BCUT2D eigenvalue weighted by Gasteiger charge is -2.04. The number of nitro groups is 1. The van der Waals surface area contributed by atoms with Crippen LogP contribution in [0.2, 0.25) is 0 Å². The number of aryl methyl sites for hydroxylation is 1. The van der Waals surface area contributed by atoms with Crippen molar-refractivity contribution in [2.75, 3.05) is 0 Å². The van der Waals surface area contributed by atoms with E-state index in [1.165, 1.54) is 17.8 Å². The predicted octanol–water partition coefficient (Wildman–Crippen LogP) is 4.51. The van der Waals surface area contributed by atoms with Gasteiger partial charge in [0.2, 0.25) is 0 Å². The Morgan fingerprint density at radius 1 is 1.24 bits per heavy atom. The topological polar surface area (TPSA) is 76.5 Å². The zero-order chi connectivity index (χ0) is 15.0. The second-order valence-corrected chi connectivity index (χ2v) is 5.61. The van der Waals surface area contributed by atoms with Crippen LogP contribution in [-0.2, 0) is 0 Å². The number of phenols is 1. The Balaban J connectivity index is 2.10. The van der Waals surface area contributed by atoms with Crippen molar-refractivity contribution in [3.8, 4) is 5.75 Å². The van der Waals surface area contributed by atoms with Crippen LogP contribution >= 0.6 is 11.8 Å². The minimum Gasteiger partial charge on any atom is -0.507 e. The second kappa shape index (κ2) is 5.14. The molecule has 21 heavy (non-hydrogen) atoms. The number of benzene rings is 2. The van der Waals surface area contributed by atoms with E-state index in [0.717, 1.165) is 4.90 Å². The molecule has 0 radical (unpaired) electrons. The molecular weight excluding hydrogens is 290 g/mol. The number of fused-ring (bicyclic) bond motifs is 1. The van der Waals surface area contributed by atoms with Crippen LogP contribution in [0.5, 0.6) is 5.75 Å². The molecule has 0 saturated heterocycles. The van der Waals surface area contributed by atoms with Gasteiger partial charge in [0.25, 0.3) is 0 Å². The molecule has 0 unspecified atom stereocenters. The van der Waals surface area contributed by atoms with Crippen LogP contribution in [0.1, 0.15) is 5.76 Å². The molecular formula is C15H11NO4S. The number of nitrogens with zero attached hydrogens (tertiary/aromatic N) is 1. The standard InChI is InChI=1S/C15H11NO4S/c1-9-15(16(18)19)11-7-12(17)14(8-13(11)20-9)21-10-5-3-2-4-6-10/h2-8,17H,1H3. The maximum Gasteiger partial charge on any atom is 0.318 e. The van der Waals surface area contributed by atoms with Crippen molar-refractivity contribution < 1.29 is 14.4 Å². The molecule has 3 rings (SSSR count). The Morgan fingerprint density at radius 3 is 2.62 bits per heavy atom. The average Bonchev–Trinajstić information content (AvgIpc) is 2.75. The van der Waals surface area contributed by atoms with Crippen molar-refractivity contribution in [3.63, 3.8) is 0 Å². The third-order valence-electron chi connectivity index (χ3n) is 3.07. The van der Waals surface area contributed by atoms with Crippen LogP contribution in [0, 0.1) is 17.0 Å². The van der Waals surface area contributed by atoms with E-state index in [9.17, 15) is 15.2 Å². The molecule has 0 aliphatic rings. The number of aromatic hydroxyl groups is 1. The molecule has 0 aliphatic carbocycles. The maximum atomic E-state index is 11.0. The highest BCUT2D eigenvalue weighted by Crippen LogP contribution is 2.41. The number of hydrogen-bond donors (Lipinski definition) is 1. The van der Waals surface area contributed by atoms with Gasteiger partial charge in [0, 0.05) is 11.8 Å².